The van der Waals surface area contributed by atoms with Gasteiger partial charge in [-0.15, -0.1) is 11.8 Å². The molecule has 1 heterocycles. The van der Waals surface area contributed by atoms with Gasteiger partial charge in [-0.2, -0.15) is 0 Å². The summed E-state index contributed by atoms with van der Waals surface area (Å²) in [5, 5.41) is -0.145. The van der Waals surface area contributed by atoms with Crippen LogP contribution in [0, 0.1) is 6.92 Å². The van der Waals surface area contributed by atoms with Crippen molar-refractivity contribution in [2.75, 3.05) is 4.31 Å². The summed E-state index contributed by atoms with van der Waals surface area (Å²) in [7, 11) is -4.00. The van der Waals surface area contributed by atoms with E-state index in [2.05, 4.69) is 0 Å². The van der Waals surface area contributed by atoms with E-state index in [-0.39, 0.29) is 16.6 Å². The fourth-order valence-corrected chi connectivity index (χ4v) is 6.00. The van der Waals surface area contributed by atoms with Crippen LogP contribution < -0.4 is 4.31 Å². The molecule has 0 saturated heterocycles. The van der Waals surface area contributed by atoms with Gasteiger partial charge in [0.1, 0.15) is 0 Å². The summed E-state index contributed by atoms with van der Waals surface area (Å²) in [4.78, 5) is 14.1. The van der Waals surface area contributed by atoms with Crippen molar-refractivity contribution in [2.24, 2.45) is 0 Å². The van der Waals surface area contributed by atoms with E-state index in [1.165, 1.54) is 11.8 Å². The standard InChI is InChI=1S/C22H19NO3S2/c1-16-11-13-18(14-12-16)28(25,26)23-19-9-5-6-10-20(19)27-21(15-22(23)24)17-7-3-2-4-8-17/h2-14,21H,15H2,1H3/t21-/m1/s1. The number of nitrogens with zero attached hydrogens (tertiary/aromatic N) is 1. The first kappa shape index (κ1) is 18.8. The van der Waals surface area contributed by atoms with Crippen molar-refractivity contribution in [1.82, 2.24) is 0 Å². The van der Waals surface area contributed by atoms with Gasteiger partial charge in [-0.1, -0.05) is 60.2 Å². The van der Waals surface area contributed by atoms with Gasteiger partial charge < -0.3 is 0 Å². The molecule has 1 aliphatic heterocycles. The van der Waals surface area contributed by atoms with E-state index in [1.807, 2.05) is 49.4 Å². The van der Waals surface area contributed by atoms with Crippen LogP contribution >= 0.6 is 11.8 Å². The van der Waals surface area contributed by atoms with Crippen molar-refractivity contribution in [3.05, 3.63) is 90.0 Å². The molecule has 3 aromatic carbocycles. The molecule has 0 bridgehead atoms. The number of hydrogen-bond donors (Lipinski definition) is 0. The van der Waals surface area contributed by atoms with Gasteiger partial charge in [0, 0.05) is 16.6 Å². The summed E-state index contributed by atoms with van der Waals surface area (Å²) in [6, 6.07) is 23.5. The molecule has 142 valence electrons. The quantitative estimate of drug-likeness (QED) is 0.614. The Balaban J connectivity index is 1.82. The molecular weight excluding hydrogens is 390 g/mol. The Morgan fingerprint density at radius 1 is 0.893 bits per heavy atom. The normalized spacial score (nSPS) is 17.1. The maximum atomic E-state index is 13.4. The molecule has 0 saturated carbocycles. The molecule has 3 aromatic rings. The maximum Gasteiger partial charge on any atom is 0.270 e. The molecule has 6 heteroatoms. The topological polar surface area (TPSA) is 54.5 Å². The molecule has 0 aliphatic carbocycles. The molecule has 4 nitrogen and oxygen atoms in total. The fourth-order valence-electron chi connectivity index (χ4n) is 3.23. The van der Waals surface area contributed by atoms with Gasteiger partial charge in [0.2, 0.25) is 5.91 Å². The Kier molecular flexibility index (Phi) is 5.00. The fraction of sp³-hybridized carbons (Fsp3) is 0.136. The van der Waals surface area contributed by atoms with Gasteiger partial charge in [0.15, 0.2) is 0 Å². The van der Waals surface area contributed by atoms with E-state index in [1.54, 1.807) is 36.4 Å². The second kappa shape index (κ2) is 7.45. The summed E-state index contributed by atoms with van der Waals surface area (Å²) in [6.45, 7) is 1.89. The number of carbonyl (C=O) groups is 1. The van der Waals surface area contributed by atoms with Crippen LogP contribution in [-0.2, 0) is 14.8 Å². The molecule has 0 aromatic heterocycles. The van der Waals surface area contributed by atoms with Gasteiger partial charge in [-0.3, -0.25) is 4.79 Å². The molecule has 0 spiro atoms. The summed E-state index contributed by atoms with van der Waals surface area (Å²) >= 11 is 1.53. The molecule has 0 unspecified atom stereocenters. The predicted octanol–water partition coefficient (Wildman–Crippen LogP) is 4.95. The average molecular weight is 410 g/mol. The molecule has 28 heavy (non-hydrogen) atoms. The number of aryl methyl sites for hydroxylation is 1. The van der Waals surface area contributed by atoms with E-state index < -0.39 is 15.9 Å². The van der Waals surface area contributed by atoms with Crippen LogP contribution in [0.4, 0.5) is 5.69 Å². The Bertz CT molecular complexity index is 1110. The summed E-state index contributed by atoms with van der Waals surface area (Å²) in [5.41, 5.74) is 2.38. The number of fused-ring (bicyclic) bond motifs is 1. The van der Waals surface area contributed by atoms with E-state index in [4.69, 9.17) is 0 Å². The lowest BCUT2D eigenvalue weighted by molar-refractivity contribution is -0.117. The monoisotopic (exact) mass is 409 g/mol. The Labute approximate surface area is 169 Å². The largest absolute Gasteiger partial charge is 0.273 e. The third-order valence-electron chi connectivity index (χ3n) is 4.67. The van der Waals surface area contributed by atoms with Crippen molar-refractivity contribution in [2.45, 2.75) is 28.4 Å². The summed E-state index contributed by atoms with van der Waals surface area (Å²) in [5.74, 6) is -0.424. The highest BCUT2D eigenvalue weighted by Gasteiger charge is 2.37. The average Bonchev–Trinajstić information content (AvgIpc) is 2.85. The zero-order chi connectivity index (χ0) is 19.7. The highest BCUT2D eigenvalue weighted by atomic mass is 32.2. The highest BCUT2D eigenvalue weighted by molar-refractivity contribution is 8.00. The first-order valence-corrected chi connectivity index (χ1v) is 11.2. The molecule has 0 N–H and O–H groups in total. The third kappa shape index (κ3) is 3.45. The zero-order valence-electron chi connectivity index (χ0n) is 15.3. The number of benzene rings is 3. The van der Waals surface area contributed by atoms with Crippen molar-refractivity contribution in [3.8, 4) is 0 Å². The molecular formula is C22H19NO3S2. The predicted molar refractivity (Wildman–Crippen MR) is 112 cm³/mol. The first-order valence-electron chi connectivity index (χ1n) is 8.92. The number of amides is 1. The van der Waals surface area contributed by atoms with Crippen molar-refractivity contribution in [1.29, 1.82) is 0 Å². The Hall–Kier alpha value is -2.57. The Morgan fingerprint density at radius 3 is 2.25 bits per heavy atom. The number of carbonyl (C=O) groups excluding carboxylic acids is 1. The molecule has 4 rings (SSSR count). The highest BCUT2D eigenvalue weighted by Crippen LogP contribution is 2.46. The van der Waals surface area contributed by atoms with E-state index >= 15 is 0 Å². The van der Waals surface area contributed by atoms with Crippen molar-refractivity contribution < 1.29 is 13.2 Å². The summed E-state index contributed by atoms with van der Waals surface area (Å²) in [6.07, 6.45) is 0.106. The molecule has 0 fully saturated rings. The molecule has 0 radical (unpaired) electrons. The molecule has 1 amide bonds. The first-order chi connectivity index (χ1) is 13.5. The van der Waals surface area contributed by atoms with Crippen LogP contribution in [0.5, 0.6) is 0 Å². The number of hydrogen-bond acceptors (Lipinski definition) is 4. The molecule has 1 aliphatic rings. The number of para-hydroxylation sites is 1. The minimum absolute atomic E-state index is 0.106. The second-order valence-corrected chi connectivity index (χ2v) is 9.70. The lowest BCUT2D eigenvalue weighted by atomic mass is 10.1. The second-order valence-electron chi connectivity index (χ2n) is 6.67. The van der Waals surface area contributed by atoms with Gasteiger partial charge >= 0.3 is 0 Å². The van der Waals surface area contributed by atoms with Crippen molar-refractivity contribution >= 4 is 33.4 Å². The molecule has 1 atom stereocenters. The number of rotatable bonds is 3. The van der Waals surface area contributed by atoms with Gasteiger partial charge in [0.25, 0.3) is 10.0 Å². The minimum Gasteiger partial charge on any atom is -0.273 e. The lowest BCUT2D eigenvalue weighted by Gasteiger charge is -2.22. The zero-order valence-corrected chi connectivity index (χ0v) is 16.9. The Morgan fingerprint density at radius 2 is 1.54 bits per heavy atom. The van der Waals surface area contributed by atoms with E-state index in [0.29, 0.717) is 5.69 Å². The van der Waals surface area contributed by atoms with Crippen LogP contribution in [0.25, 0.3) is 0 Å². The maximum absolute atomic E-state index is 13.4. The van der Waals surface area contributed by atoms with Gasteiger partial charge in [-0.05, 0) is 36.8 Å². The van der Waals surface area contributed by atoms with Gasteiger partial charge in [0.05, 0.1) is 10.6 Å². The van der Waals surface area contributed by atoms with Crippen LogP contribution in [0.2, 0.25) is 0 Å². The number of thioether (sulfide) groups is 1. The summed E-state index contributed by atoms with van der Waals surface area (Å²) < 4.78 is 27.7. The smallest absolute Gasteiger partial charge is 0.270 e. The van der Waals surface area contributed by atoms with Crippen LogP contribution in [0.15, 0.2) is 88.7 Å². The van der Waals surface area contributed by atoms with Crippen molar-refractivity contribution in [3.63, 3.8) is 0 Å². The third-order valence-corrected chi connectivity index (χ3v) is 7.74. The van der Waals surface area contributed by atoms with Crippen LogP contribution in [-0.4, -0.2) is 14.3 Å². The van der Waals surface area contributed by atoms with Crippen LogP contribution in [0.1, 0.15) is 22.8 Å². The van der Waals surface area contributed by atoms with Crippen LogP contribution in [0.3, 0.4) is 0 Å². The lowest BCUT2D eigenvalue weighted by Crippen LogP contribution is -2.37. The van der Waals surface area contributed by atoms with E-state index in [9.17, 15) is 13.2 Å². The number of sulfonamides is 1. The van der Waals surface area contributed by atoms with Gasteiger partial charge in [-0.25, -0.2) is 12.7 Å². The SMILES string of the molecule is Cc1ccc(S(=O)(=O)N2C(=O)C[C@H](c3ccccc3)Sc3ccccc32)cc1. The van der Waals surface area contributed by atoms with E-state index in [0.717, 1.165) is 20.3 Å². The minimum atomic E-state index is -4.00. The number of anilines is 1.